The van der Waals surface area contributed by atoms with Crippen molar-refractivity contribution in [2.24, 2.45) is 0 Å². The van der Waals surface area contributed by atoms with Gasteiger partial charge in [0.1, 0.15) is 0 Å². The number of carbonyl (C=O) groups is 1. The largest absolute Gasteiger partial charge is 0.358 e. The van der Waals surface area contributed by atoms with Crippen LogP contribution < -0.4 is 5.32 Å². The smallest absolute Gasteiger partial charge is 0.233 e. The van der Waals surface area contributed by atoms with E-state index in [0.29, 0.717) is 6.54 Å². The molecular formula is C17H18N2O. The molecule has 20 heavy (non-hydrogen) atoms. The van der Waals surface area contributed by atoms with Crippen molar-refractivity contribution in [2.45, 2.75) is 6.04 Å². The van der Waals surface area contributed by atoms with Crippen LogP contribution in [-0.2, 0) is 4.79 Å². The van der Waals surface area contributed by atoms with Gasteiger partial charge in [-0.2, -0.15) is 0 Å². The Balaban J connectivity index is 2.05. The van der Waals surface area contributed by atoms with E-state index in [0.717, 1.165) is 0 Å². The third kappa shape index (κ3) is 2.00. The van der Waals surface area contributed by atoms with Gasteiger partial charge < -0.3 is 5.32 Å². The number of hydrogen-bond acceptors (Lipinski definition) is 2. The molecule has 1 N–H and O–H groups in total. The zero-order valence-corrected chi connectivity index (χ0v) is 11.8. The number of nitrogens with one attached hydrogen (secondary N) is 1. The van der Waals surface area contributed by atoms with Gasteiger partial charge in [0.05, 0.1) is 12.6 Å². The van der Waals surface area contributed by atoms with E-state index >= 15 is 0 Å². The van der Waals surface area contributed by atoms with Crippen LogP contribution in [0.25, 0.3) is 11.1 Å². The van der Waals surface area contributed by atoms with Crippen LogP contribution in [-0.4, -0.2) is 31.4 Å². The maximum atomic E-state index is 11.7. The van der Waals surface area contributed by atoms with Gasteiger partial charge in [-0.1, -0.05) is 48.5 Å². The van der Waals surface area contributed by atoms with Crippen LogP contribution in [0, 0.1) is 0 Å². The maximum Gasteiger partial charge on any atom is 0.233 e. The number of nitrogens with zero attached hydrogens (tertiary/aromatic N) is 1. The minimum Gasteiger partial charge on any atom is -0.358 e. The van der Waals surface area contributed by atoms with E-state index in [4.69, 9.17) is 0 Å². The molecule has 0 bridgehead atoms. The predicted octanol–water partition coefficient (Wildman–Crippen LogP) is 2.43. The van der Waals surface area contributed by atoms with Crippen molar-refractivity contribution in [1.29, 1.82) is 0 Å². The van der Waals surface area contributed by atoms with Crippen molar-refractivity contribution in [1.82, 2.24) is 10.2 Å². The van der Waals surface area contributed by atoms with Crippen molar-refractivity contribution < 1.29 is 4.79 Å². The van der Waals surface area contributed by atoms with E-state index in [1.54, 1.807) is 7.05 Å². The molecule has 3 rings (SSSR count). The second-order valence-electron chi connectivity index (χ2n) is 5.17. The Kier molecular flexibility index (Phi) is 3.28. The molecule has 0 saturated carbocycles. The summed E-state index contributed by atoms with van der Waals surface area (Å²) in [5.74, 6) is 0.0364. The Morgan fingerprint density at radius 1 is 1.05 bits per heavy atom. The van der Waals surface area contributed by atoms with Crippen LogP contribution >= 0.6 is 0 Å². The molecule has 0 heterocycles. The molecule has 0 aromatic heterocycles. The first-order chi connectivity index (χ1) is 9.72. The molecule has 102 valence electrons. The summed E-state index contributed by atoms with van der Waals surface area (Å²) in [5.41, 5.74) is 5.11. The number of carbonyl (C=O) groups excluding carboxylic acids is 1. The van der Waals surface area contributed by atoms with Crippen molar-refractivity contribution in [3.05, 3.63) is 59.7 Å². The molecule has 0 spiro atoms. The quantitative estimate of drug-likeness (QED) is 0.925. The molecule has 1 aliphatic carbocycles. The lowest BCUT2D eigenvalue weighted by Gasteiger charge is -2.25. The first-order valence-electron chi connectivity index (χ1n) is 6.81. The van der Waals surface area contributed by atoms with E-state index < -0.39 is 0 Å². The van der Waals surface area contributed by atoms with E-state index in [-0.39, 0.29) is 11.9 Å². The van der Waals surface area contributed by atoms with Crippen LogP contribution in [0.1, 0.15) is 17.2 Å². The van der Waals surface area contributed by atoms with Gasteiger partial charge in [0.25, 0.3) is 0 Å². The predicted molar refractivity (Wildman–Crippen MR) is 80.4 cm³/mol. The Hall–Kier alpha value is -2.13. The van der Waals surface area contributed by atoms with Crippen molar-refractivity contribution >= 4 is 5.91 Å². The van der Waals surface area contributed by atoms with Gasteiger partial charge >= 0.3 is 0 Å². The first kappa shape index (κ1) is 12.9. The molecule has 2 aromatic carbocycles. The molecule has 3 nitrogen and oxygen atoms in total. The number of likely N-dealkylation sites (N-methyl/N-ethyl adjacent to an activating group) is 2. The first-order valence-corrected chi connectivity index (χ1v) is 6.81. The molecule has 0 saturated heterocycles. The monoisotopic (exact) mass is 266 g/mol. The number of fused-ring (bicyclic) bond motifs is 3. The molecule has 0 unspecified atom stereocenters. The van der Waals surface area contributed by atoms with Crippen molar-refractivity contribution in [3.8, 4) is 11.1 Å². The third-order valence-electron chi connectivity index (χ3n) is 3.91. The minimum atomic E-state index is 0.0364. The second-order valence-corrected chi connectivity index (χ2v) is 5.17. The Labute approximate surface area is 119 Å². The van der Waals surface area contributed by atoms with Gasteiger partial charge in [0, 0.05) is 7.05 Å². The van der Waals surface area contributed by atoms with Crippen LogP contribution in [0.2, 0.25) is 0 Å². The van der Waals surface area contributed by atoms with Gasteiger partial charge in [-0.3, -0.25) is 9.69 Å². The highest BCUT2D eigenvalue weighted by atomic mass is 16.1. The van der Waals surface area contributed by atoms with E-state index in [1.807, 2.05) is 7.05 Å². The topological polar surface area (TPSA) is 32.3 Å². The molecule has 0 aliphatic heterocycles. The van der Waals surface area contributed by atoms with Crippen molar-refractivity contribution in [2.75, 3.05) is 20.6 Å². The second kappa shape index (κ2) is 5.10. The Morgan fingerprint density at radius 2 is 1.55 bits per heavy atom. The van der Waals surface area contributed by atoms with E-state index in [2.05, 4.69) is 58.7 Å². The lowest BCUT2D eigenvalue weighted by molar-refractivity contribution is -0.121. The molecule has 1 amide bonds. The molecule has 0 atom stereocenters. The number of rotatable bonds is 3. The van der Waals surface area contributed by atoms with Crippen LogP contribution in [0.4, 0.5) is 0 Å². The fourth-order valence-electron chi connectivity index (χ4n) is 3.00. The lowest BCUT2D eigenvalue weighted by Crippen LogP contribution is -2.35. The summed E-state index contributed by atoms with van der Waals surface area (Å²) in [4.78, 5) is 13.8. The summed E-state index contributed by atoms with van der Waals surface area (Å²) >= 11 is 0. The van der Waals surface area contributed by atoms with Crippen LogP contribution in [0.15, 0.2) is 48.5 Å². The zero-order chi connectivity index (χ0) is 14.1. The summed E-state index contributed by atoms with van der Waals surface area (Å²) in [6.07, 6.45) is 0. The molecule has 1 aliphatic rings. The summed E-state index contributed by atoms with van der Waals surface area (Å²) in [6.45, 7) is 0.393. The third-order valence-corrected chi connectivity index (χ3v) is 3.91. The SMILES string of the molecule is CNC(=O)CN(C)C1c2ccccc2-c2ccccc21. The fraction of sp³-hybridized carbons (Fsp3) is 0.235. The highest BCUT2D eigenvalue weighted by Gasteiger charge is 2.31. The summed E-state index contributed by atoms with van der Waals surface area (Å²) in [5, 5.41) is 2.69. The highest BCUT2D eigenvalue weighted by Crippen LogP contribution is 2.45. The maximum absolute atomic E-state index is 11.7. The van der Waals surface area contributed by atoms with Gasteiger partial charge in [-0.05, 0) is 29.3 Å². The number of benzene rings is 2. The Bertz CT molecular complexity index is 605. The normalized spacial score (nSPS) is 13.2. The Morgan fingerprint density at radius 3 is 2.05 bits per heavy atom. The van der Waals surface area contributed by atoms with Crippen LogP contribution in [0.3, 0.4) is 0 Å². The molecule has 3 heteroatoms. The summed E-state index contributed by atoms with van der Waals surface area (Å²) in [6, 6.07) is 17.0. The summed E-state index contributed by atoms with van der Waals surface area (Å²) < 4.78 is 0. The molecular weight excluding hydrogens is 248 g/mol. The molecule has 0 radical (unpaired) electrons. The fourth-order valence-corrected chi connectivity index (χ4v) is 3.00. The van der Waals surface area contributed by atoms with Gasteiger partial charge in [-0.25, -0.2) is 0 Å². The number of hydrogen-bond donors (Lipinski definition) is 1. The average Bonchev–Trinajstić information content (AvgIpc) is 2.81. The highest BCUT2D eigenvalue weighted by molar-refractivity contribution is 5.80. The van der Waals surface area contributed by atoms with Crippen molar-refractivity contribution in [3.63, 3.8) is 0 Å². The zero-order valence-electron chi connectivity index (χ0n) is 11.8. The van der Waals surface area contributed by atoms with Crippen LogP contribution in [0.5, 0.6) is 0 Å². The molecule has 0 fully saturated rings. The van der Waals surface area contributed by atoms with E-state index in [1.165, 1.54) is 22.3 Å². The molecule has 2 aromatic rings. The minimum absolute atomic E-state index is 0.0364. The van der Waals surface area contributed by atoms with Gasteiger partial charge in [-0.15, -0.1) is 0 Å². The summed E-state index contributed by atoms with van der Waals surface area (Å²) in [7, 11) is 3.67. The average molecular weight is 266 g/mol. The standard InChI is InChI=1S/C17H18N2O/c1-18-16(20)11-19(2)17-14-9-5-3-7-12(14)13-8-4-6-10-15(13)17/h3-10,17H,11H2,1-2H3,(H,18,20). The van der Waals surface area contributed by atoms with Gasteiger partial charge in [0.2, 0.25) is 5.91 Å². The lowest BCUT2D eigenvalue weighted by atomic mass is 10.0. The number of amides is 1. The van der Waals surface area contributed by atoms with E-state index in [9.17, 15) is 4.79 Å². The van der Waals surface area contributed by atoms with Gasteiger partial charge in [0.15, 0.2) is 0 Å².